The van der Waals surface area contributed by atoms with E-state index >= 15 is 0 Å². The molecule has 0 aliphatic carbocycles. The number of hydrogen-bond acceptors (Lipinski definition) is 3. The maximum absolute atomic E-state index is 13.1. The molecule has 0 bridgehead atoms. The fourth-order valence-corrected chi connectivity index (χ4v) is 4.53. The summed E-state index contributed by atoms with van der Waals surface area (Å²) >= 11 is 12.4. The minimum atomic E-state index is -3.94. The highest BCUT2D eigenvalue weighted by Crippen LogP contribution is 2.37. The van der Waals surface area contributed by atoms with E-state index in [-0.39, 0.29) is 40.0 Å². The van der Waals surface area contributed by atoms with Crippen molar-refractivity contribution >= 4 is 44.9 Å². The Bertz CT molecular complexity index is 846. The number of hydrogen-bond donors (Lipinski definition) is 1. The smallest absolute Gasteiger partial charge is 0.303 e. The van der Waals surface area contributed by atoms with Gasteiger partial charge in [0.25, 0.3) is 10.0 Å². The molecule has 134 valence electrons. The maximum Gasteiger partial charge on any atom is 0.303 e. The van der Waals surface area contributed by atoms with Crippen molar-refractivity contribution in [3.8, 4) is 0 Å². The van der Waals surface area contributed by atoms with E-state index in [1.807, 2.05) is 6.92 Å². The highest BCUT2D eigenvalue weighted by atomic mass is 35.5. The summed E-state index contributed by atoms with van der Waals surface area (Å²) in [6.45, 7) is 1.80. The van der Waals surface area contributed by atoms with E-state index in [1.165, 1.54) is 24.3 Å². The van der Waals surface area contributed by atoms with Crippen LogP contribution in [0.25, 0.3) is 0 Å². The Labute approximate surface area is 156 Å². The number of sulfonamides is 1. The molecule has 5 nitrogen and oxygen atoms in total. The van der Waals surface area contributed by atoms with Crippen LogP contribution in [0.15, 0.2) is 47.4 Å². The number of para-hydroxylation sites is 1. The van der Waals surface area contributed by atoms with Crippen molar-refractivity contribution in [1.29, 1.82) is 0 Å². The first-order valence-electron chi connectivity index (χ1n) is 7.48. The highest BCUT2D eigenvalue weighted by Gasteiger charge is 2.28. The van der Waals surface area contributed by atoms with Crippen LogP contribution in [0.1, 0.15) is 18.4 Å². The molecular weight excluding hydrogens is 385 g/mol. The van der Waals surface area contributed by atoms with Crippen molar-refractivity contribution in [3.63, 3.8) is 0 Å². The number of carboxylic acid groups (broad SMARTS) is 1. The average molecular weight is 402 g/mol. The number of rotatable bonds is 7. The number of benzene rings is 2. The highest BCUT2D eigenvalue weighted by molar-refractivity contribution is 7.92. The van der Waals surface area contributed by atoms with Gasteiger partial charge in [-0.3, -0.25) is 9.10 Å². The second kappa shape index (κ2) is 8.08. The molecule has 8 heteroatoms. The zero-order valence-corrected chi connectivity index (χ0v) is 15.8. The fourth-order valence-electron chi connectivity index (χ4n) is 2.29. The molecule has 25 heavy (non-hydrogen) atoms. The van der Waals surface area contributed by atoms with E-state index in [4.69, 9.17) is 28.3 Å². The summed E-state index contributed by atoms with van der Waals surface area (Å²) in [7, 11) is -3.94. The van der Waals surface area contributed by atoms with Crippen molar-refractivity contribution in [1.82, 2.24) is 0 Å². The average Bonchev–Trinajstić information content (AvgIpc) is 2.53. The Balaban J connectivity index is 2.50. The lowest BCUT2D eigenvalue weighted by Gasteiger charge is -2.26. The Morgan fingerprint density at radius 2 is 1.64 bits per heavy atom. The van der Waals surface area contributed by atoms with Gasteiger partial charge in [-0.25, -0.2) is 8.42 Å². The predicted octanol–water partition coefficient (Wildman–Crippen LogP) is 4.36. The summed E-state index contributed by atoms with van der Waals surface area (Å²) in [5.74, 6) is -1.00. The second-order valence-electron chi connectivity index (χ2n) is 5.46. The van der Waals surface area contributed by atoms with Gasteiger partial charge in [-0.1, -0.05) is 47.0 Å². The number of aliphatic carboxylic acids is 1. The number of carbonyl (C=O) groups is 1. The zero-order chi connectivity index (χ0) is 18.6. The normalized spacial score (nSPS) is 11.3. The third kappa shape index (κ3) is 4.66. The van der Waals surface area contributed by atoms with E-state index in [9.17, 15) is 13.2 Å². The van der Waals surface area contributed by atoms with Crippen LogP contribution in [0.4, 0.5) is 5.69 Å². The molecule has 0 aliphatic heterocycles. The van der Waals surface area contributed by atoms with Gasteiger partial charge in [0.15, 0.2) is 0 Å². The zero-order valence-electron chi connectivity index (χ0n) is 13.4. The van der Waals surface area contributed by atoms with Crippen molar-refractivity contribution in [2.45, 2.75) is 24.7 Å². The molecule has 2 rings (SSSR count). The van der Waals surface area contributed by atoms with Crippen molar-refractivity contribution in [2.24, 2.45) is 0 Å². The van der Waals surface area contributed by atoms with Crippen molar-refractivity contribution in [2.75, 3.05) is 10.8 Å². The summed E-state index contributed by atoms with van der Waals surface area (Å²) in [5.41, 5.74) is 1.07. The minimum absolute atomic E-state index is 0.0496. The van der Waals surface area contributed by atoms with Crippen LogP contribution < -0.4 is 4.31 Å². The first kappa shape index (κ1) is 19.6. The molecule has 1 N–H and O–H groups in total. The Morgan fingerprint density at radius 1 is 1.08 bits per heavy atom. The molecule has 0 unspecified atom stereocenters. The first-order valence-corrected chi connectivity index (χ1v) is 9.68. The number of carboxylic acids is 1. The van der Waals surface area contributed by atoms with Crippen LogP contribution >= 0.6 is 23.2 Å². The largest absolute Gasteiger partial charge is 0.481 e. The monoisotopic (exact) mass is 401 g/mol. The number of nitrogens with zero attached hydrogens (tertiary/aromatic N) is 1. The summed E-state index contributed by atoms with van der Waals surface area (Å²) in [5, 5.41) is 9.19. The molecule has 0 fully saturated rings. The van der Waals surface area contributed by atoms with Crippen LogP contribution in [0.5, 0.6) is 0 Å². The van der Waals surface area contributed by atoms with Crippen LogP contribution in [-0.4, -0.2) is 26.0 Å². The lowest BCUT2D eigenvalue weighted by atomic mass is 10.2. The van der Waals surface area contributed by atoms with Crippen LogP contribution in [0.3, 0.4) is 0 Å². The second-order valence-corrected chi connectivity index (χ2v) is 8.13. The van der Waals surface area contributed by atoms with Gasteiger partial charge < -0.3 is 5.11 Å². The number of aryl methyl sites for hydroxylation is 1. The molecule has 0 heterocycles. The fraction of sp³-hybridized carbons (Fsp3) is 0.235. The molecule has 0 radical (unpaired) electrons. The van der Waals surface area contributed by atoms with Gasteiger partial charge in [0.05, 0.1) is 20.6 Å². The van der Waals surface area contributed by atoms with E-state index in [1.54, 1.807) is 18.2 Å². The van der Waals surface area contributed by atoms with E-state index < -0.39 is 16.0 Å². The summed E-state index contributed by atoms with van der Waals surface area (Å²) < 4.78 is 27.2. The molecule has 0 atom stereocenters. The van der Waals surface area contributed by atoms with E-state index in [0.29, 0.717) is 0 Å². The van der Waals surface area contributed by atoms with Gasteiger partial charge in [0.2, 0.25) is 0 Å². The predicted molar refractivity (Wildman–Crippen MR) is 99.0 cm³/mol. The topological polar surface area (TPSA) is 74.7 Å². The molecule has 0 aliphatic rings. The summed E-state index contributed by atoms with van der Waals surface area (Å²) in [6.07, 6.45) is -0.0377. The van der Waals surface area contributed by atoms with Crippen LogP contribution in [0.2, 0.25) is 10.0 Å². The minimum Gasteiger partial charge on any atom is -0.481 e. The lowest BCUT2D eigenvalue weighted by molar-refractivity contribution is -0.137. The Morgan fingerprint density at radius 3 is 2.16 bits per heavy atom. The molecule has 2 aromatic rings. The van der Waals surface area contributed by atoms with Gasteiger partial charge in [-0.15, -0.1) is 0 Å². The lowest BCUT2D eigenvalue weighted by Crippen LogP contribution is -2.33. The Hall–Kier alpha value is -1.76. The van der Waals surface area contributed by atoms with E-state index in [0.717, 1.165) is 9.87 Å². The van der Waals surface area contributed by atoms with E-state index in [2.05, 4.69) is 0 Å². The Kier molecular flexibility index (Phi) is 6.32. The molecule has 0 saturated carbocycles. The van der Waals surface area contributed by atoms with Gasteiger partial charge in [-0.05, 0) is 37.6 Å². The molecule has 0 spiro atoms. The van der Waals surface area contributed by atoms with Crippen molar-refractivity contribution < 1.29 is 18.3 Å². The van der Waals surface area contributed by atoms with Crippen molar-refractivity contribution in [3.05, 3.63) is 58.1 Å². The number of anilines is 1. The third-order valence-electron chi connectivity index (χ3n) is 3.55. The first-order chi connectivity index (χ1) is 11.7. The third-order valence-corrected chi connectivity index (χ3v) is 5.97. The van der Waals surface area contributed by atoms with Gasteiger partial charge in [0, 0.05) is 13.0 Å². The molecular formula is C17H17Cl2NO4S. The standard InChI is InChI=1S/C17H17Cl2NO4S/c1-12-7-9-13(10-8-12)25(23,24)20(11-3-6-16(21)22)17-14(18)4-2-5-15(17)19/h2,4-5,7-10H,3,6,11H2,1H3,(H,21,22). The summed E-state index contributed by atoms with van der Waals surface area (Å²) in [4.78, 5) is 10.9. The molecule has 0 amide bonds. The number of halogens is 2. The maximum atomic E-state index is 13.1. The quantitative estimate of drug-likeness (QED) is 0.747. The van der Waals surface area contributed by atoms with Gasteiger partial charge in [-0.2, -0.15) is 0 Å². The van der Waals surface area contributed by atoms with Crippen LogP contribution in [0, 0.1) is 6.92 Å². The molecule has 0 saturated heterocycles. The molecule has 2 aromatic carbocycles. The summed E-state index contributed by atoms with van der Waals surface area (Å²) in [6, 6.07) is 11.1. The molecule has 0 aromatic heterocycles. The van der Waals surface area contributed by atoms with Crippen LogP contribution in [-0.2, 0) is 14.8 Å². The van der Waals surface area contributed by atoms with Gasteiger partial charge >= 0.3 is 5.97 Å². The SMILES string of the molecule is Cc1ccc(S(=O)(=O)N(CCCC(=O)O)c2c(Cl)cccc2Cl)cc1. The van der Waals surface area contributed by atoms with Gasteiger partial charge in [0.1, 0.15) is 0 Å².